The molecule has 0 aromatic heterocycles. The van der Waals surface area contributed by atoms with E-state index in [2.05, 4.69) is 0 Å². The summed E-state index contributed by atoms with van der Waals surface area (Å²) in [5, 5.41) is 38.5. The summed E-state index contributed by atoms with van der Waals surface area (Å²) in [6.45, 7) is 0. The fourth-order valence-electron chi connectivity index (χ4n) is 1.25. The van der Waals surface area contributed by atoms with Gasteiger partial charge in [-0.3, -0.25) is 20.2 Å². The molecule has 0 bridgehead atoms. The van der Waals surface area contributed by atoms with Gasteiger partial charge in [0.1, 0.15) is 0 Å². The van der Waals surface area contributed by atoms with E-state index in [1.54, 1.807) is 0 Å². The molecule has 0 aliphatic rings. The first-order chi connectivity index (χ1) is 8.25. The van der Waals surface area contributed by atoms with Crippen LogP contribution in [0.4, 0.5) is 11.4 Å². The van der Waals surface area contributed by atoms with E-state index in [0.29, 0.717) is 12.1 Å². The molecule has 1 aromatic rings. The Kier molecular flexibility index (Phi) is 3.22. The molecule has 0 spiro atoms. The number of carbonyl (C=O) groups is 2. The van der Waals surface area contributed by atoms with Crippen molar-refractivity contribution in [2.75, 3.05) is 0 Å². The molecule has 94 valence electrons. The fraction of sp³-hybridized carbons (Fsp3) is 0. The van der Waals surface area contributed by atoms with Gasteiger partial charge in [0.2, 0.25) is 0 Å². The van der Waals surface area contributed by atoms with Crippen molar-refractivity contribution >= 4 is 23.3 Å². The molecule has 0 amide bonds. The first-order valence-corrected chi connectivity index (χ1v) is 4.19. The Morgan fingerprint density at radius 1 is 1.00 bits per heavy atom. The highest BCUT2D eigenvalue weighted by atomic mass is 16.6. The van der Waals surface area contributed by atoms with E-state index in [-0.39, 0.29) is 0 Å². The Balaban J connectivity index is 3.76. The van der Waals surface area contributed by atoms with Gasteiger partial charge in [0.15, 0.2) is 5.56 Å². The minimum absolute atomic E-state index is 0.399. The molecule has 1 rings (SSSR count). The number of non-ortho nitro benzene ring substituents is 1. The summed E-state index contributed by atoms with van der Waals surface area (Å²) >= 11 is 0. The topological polar surface area (TPSA) is 161 Å². The Hall–Kier alpha value is -3.04. The van der Waals surface area contributed by atoms with Gasteiger partial charge in [-0.05, 0) is 0 Å². The monoisotopic (exact) mass is 256 g/mol. The predicted molar refractivity (Wildman–Crippen MR) is 53.7 cm³/mol. The second-order valence-corrected chi connectivity index (χ2v) is 3.01. The number of hydrogen-bond donors (Lipinski definition) is 2. The van der Waals surface area contributed by atoms with E-state index in [9.17, 15) is 29.8 Å². The van der Waals surface area contributed by atoms with Gasteiger partial charge in [0.05, 0.1) is 21.5 Å². The van der Waals surface area contributed by atoms with E-state index in [1.165, 1.54) is 0 Å². The van der Waals surface area contributed by atoms with Crippen LogP contribution in [0.2, 0.25) is 0 Å². The van der Waals surface area contributed by atoms with Gasteiger partial charge in [-0.1, -0.05) is 0 Å². The van der Waals surface area contributed by atoms with Crippen LogP contribution in [0.15, 0.2) is 12.1 Å². The molecule has 1 aromatic carbocycles. The molecule has 10 heteroatoms. The van der Waals surface area contributed by atoms with Crippen molar-refractivity contribution in [2.24, 2.45) is 0 Å². The van der Waals surface area contributed by atoms with E-state index >= 15 is 0 Å². The van der Waals surface area contributed by atoms with Gasteiger partial charge < -0.3 is 10.2 Å². The van der Waals surface area contributed by atoms with E-state index < -0.39 is 44.3 Å². The molecular formula is C8H4N2O8. The largest absolute Gasteiger partial charge is 0.478 e. The number of aromatic carboxylic acids is 2. The zero-order valence-corrected chi connectivity index (χ0v) is 8.39. The summed E-state index contributed by atoms with van der Waals surface area (Å²) in [6.07, 6.45) is 0. The van der Waals surface area contributed by atoms with Crippen molar-refractivity contribution < 1.29 is 29.6 Å². The maximum absolute atomic E-state index is 10.8. The van der Waals surface area contributed by atoms with E-state index in [1.807, 2.05) is 0 Å². The number of nitro groups is 2. The Morgan fingerprint density at radius 3 is 1.89 bits per heavy atom. The summed E-state index contributed by atoms with van der Waals surface area (Å²) in [5.74, 6) is -3.66. The number of nitro benzene ring substituents is 2. The van der Waals surface area contributed by atoms with Crippen LogP contribution in [0.1, 0.15) is 20.7 Å². The summed E-state index contributed by atoms with van der Waals surface area (Å²) in [6, 6.07) is 0.856. The zero-order valence-electron chi connectivity index (χ0n) is 8.39. The average Bonchev–Trinajstić information content (AvgIpc) is 2.26. The number of nitrogens with zero attached hydrogens (tertiary/aromatic N) is 2. The summed E-state index contributed by atoms with van der Waals surface area (Å²) < 4.78 is 0. The van der Waals surface area contributed by atoms with Crippen LogP contribution in [-0.4, -0.2) is 32.0 Å². The third-order valence-corrected chi connectivity index (χ3v) is 1.95. The Bertz CT molecular complexity index is 543. The SMILES string of the molecule is O=C(O)c1cc([N+](=O)[O-])cc([N+](=O)[O-])c1C(=O)O. The zero-order chi connectivity index (χ0) is 14.0. The molecule has 0 saturated heterocycles. The third-order valence-electron chi connectivity index (χ3n) is 1.95. The van der Waals surface area contributed by atoms with Crippen LogP contribution < -0.4 is 0 Å². The molecule has 0 atom stereocenters. The van der Waals surface area contributed by atoms with E-state index in [0.717, 1.165) is 0 Å². The lowest BCUT2D eigenvalue weighted by molar-refractivity contribution is -0.394. The molecule has 0 unspecified atom stereocenters. The molecule has 0 fully saturated rings. The standard InChI is InChI=1S/C8H4N2O8/c11-7(12)4-1-3(9(15)16)2-5(10(17)18)6(4)8(13)14/h1-2H,(H,11,12)(H,13,14). The molecule has 0 aliphatic carbocycles. The van der Waals surface area contributed by atoms with Gasteiger partial charge in [-0.2, -0.15) is 0 Å². The first-order valence-electron chi connectivity index (χ1n) is 4.19. The Morgan fingerprint density at radius 2 is 1.56 bits per heavy atom. The van der Waals surface area contributed by atoms with Crippen LogP contribution >= 0.6 is 0 Å². The second-order valence-electron chi connectivity index (χ2n) is 3.01. The molecule has 0 aliphatic heterocycles. The van der Waals surface area contributed by atoms with Crippen molar-refractivity contribution in [2.45, 2.75) is 0 Å². The van der Waals surface area contributed by atoms with Crippen molar-refractivity contribution in [3.63, 3.8) is 0 Å². The Labute approximate surface area is 97.4 Å². The van der Waals surface area contributed by atoms with Crippen molar-refractivity contribution in [1.82, 2.24) is 0 Å². The second kappa shape index (κ2) is 4.45. The first kappa shape index (κ1) is 13.0. The summed E-state index contributed by atoms with van der Waals surface area (Å²) in [7, 11) is 0. The van der Waals surface area contributed by atoms with Crippen LogP contribution in [0.5, 0.6) is 0 Å². The maximum atomic E-state index is 10.8. The highest BCUT2D eigenvalue weighted by Gasteiger charge is 2.31. The highest BCUT2D eigenvalue weighted by Crippen LogP contribution is 2.28. The molecule has 0 radical (unpaired) electrons. The molecule has 18 heavy (non-hydrogen) atoms. The fourth-order valence-corrected chi connectivity index (χ4v) is 1.25. The van der Waals surface area contributed by atoms with Crippen molar-refractivity contribution in [3.8, 4) is 0 Å². The lowest BCUT2D eigenvalue weighted by Gasteiger charge is -2.02. The number of benzene rings is 1. The number of hydrogen-bond acceptors (Lipinski definition) is 6. The van der Waals surface area contributed by atoms with Crippen LogP contribution in [0, 0.1) is 20.2 Å². The van der Waals surface area contributed by atoms with Crippen LogP contribution in [-0.2, 0) is 0 Å². The summed E-state index contributed by atoms with van der Waals surface area (Å²) in [4.78, 5) is 40.4. The van der Waals surface area contributed by atoms with Gasteiger partial charge in [0.25, 0.3) is 11.4 Å². The van der Waals surface area contributed by atoms with Crippen molar-refractivity contribution in [3.05, 3.63) is 43.5 Å². The number of rotatable bonds is 4. The maximum Gasteiger partial charge on any atom is 0.343 e. The minimum Gasteiger partial charge on any atom is -0.478 e. The molecule has 0 heterocycles. The third kappa shape index (κ3) is 2.21. The van der Waals surface area contributed by atoms with Crippen molar-refractivity contribution in [1.29, 1.82) is 0 Å². The lowest BCUT2D eigenvalue weighted by atomic mass is 10.0. The van der Waals surface area contributed by atoms with E-state index in [4.69, 9.17) is 10.2 Å². The minimum atomic E-state index is -1.85. The molecule has 0 saturated carbocycles. The molecule has 2 N–H and O–H groups in total. The normalized spacial score (nSPS) is 9.78. The number of carboxylic acids is 2. The van der Waals surface area contributed by atoms with Gasteiger partial charge in [-0.15, -0.1) is 0 Å². The highest BCUT2D eigenvalue weighted by molar-refractivity contribution is 6.05. The molecular weight excluding hydrogens is 252 g/mol. The smallest absolute Gasteiger partial charge is 0.343 e. The lowest BCUT2D eigenvalue weighted by Crippen LogP contribution is -2.12. The average molecular weight is 256 g/mol. The predicted octanol–water partition coefficient (Wildman–Crippen LogP) is 0.899. The van der Waals surface area contributed by atoms with Crippen LogP contribution in [0.25, 0.3) is 0 Å². The number of carboxylic acid groups (broad SMARTS) is 2. The van der Waals surface area contributed by atoms with Gasteiger partial charge in [-0.25, -0.2) is 9.59 Å². The van der Waals surface area contributed by atoms with Gasteiger partial charge >= 0.3 is 11.9 Å². The van der Waals surface area contributed by atoms with Gasteiger partial charge in [0, 0.05) is 6.07 Å². The molecule has 10 nitrogen and oxygen atoms in total. The van der Waals surface area contributed by atoms with Crippen LogP contribution in [0.3, 0.4) is 0 Å². The quantitative estimate of drug-likeness (QED) is 0.592. The summed E-state index contributed by atoms with van der Waals surface area (Å²) in [5.41, 5.74) is -4.13.